The predicted molar refractivity (Wildman–Crippen MR) is 79.3 cm³/mol. The monoisotopic (exact) mass is 344 g/mol. The van der Waals surface area contributed by atoms with Gasteiger partial charge in [-0.2, -0.15) is 0 Å². The molecule has 0 atom stereocenters. The molecule has 0 aromatic heterocycles. The molecule has 6 heteroatoms. The summed E-state index contributed by atoms with van der Waals surface area (Å²) in [5.74, 6) is -0.310. The average molecular weight is 345 g/mol. The minimum atomic E-state index is -0.493. The van der Waals surface area contributed by atoms with Crippen molar-refractivity contribution in [2.45, 2.75) is 32.4 Å². The van der Waals surface area contributed by atoms with Gasteiger partial charge in [0.15, 0.2) is 0 Å². The van der Waals surface area contributed by atoms with Gasteiger partial charge >= 0.3 is 6.09 Å². The highest BCUT2D eigenvalue weighted by Crippen LogP contribution is 2.23. The average Bonchev–Trinajstić information content (AvgIpc) is 2.22. The Balaban J connectivity index is 1.83. The van der Waals surface area contributed by atoms with E-state index in [4.69, 9.17) is 4.74 Å². The number of nitrogens with zero attached hydrogens (tertiary/aromatic N) is 1. The molecular formula is C14H18BrFN2O2. The molecule has 0 saturated carbocycles. The number of carbonyl (C=O) groups is 1. The second-order valence-electron chi connectivity index (χ2n) is 5.85. The maximum atomic E-state index is 13.7. The molecule has 20 heavy (non-hydrogen) atoms. The van der Waals surface area contributed by atoms with Crippen LogP contribution in [0.2, 0.25) is 0 Å². The summed E-state index contributed by atoms with van der Waals surface area (Å²) in [6, 6.07) is 4.91. The summed E-state index contributed by atoms with van der Waals surface area (Å²) >= 11 is 3.21. The van der Waals surface area contributed by atoms with Crippen LogP contribution in [-0.4, -0.2) is 35.7 Å². The van der Waals surface area contributed by atoms with Crippen molar-refractivity contribution in [1.29, 1.82) is 0 Å². The van der Waals surface area contributed by atoms with E-state index in [1.54, 1.807) is 17.0 Å². The molecule has 0 aliphatic carbocycles. The van der Waals surface area contributed by atoms with E-state index in [-0.39, 0.29) is 18.0 Å². The second kappa shape index (κ2) is 5.60. The molecular weight excluding hydrogens is 327 g/mol. The summed E-state index contributed by atoms with van der Waals surface area (Å²) in [6.07, 6.45) is -0.327. The van der Waals surface area contributed by atoms with E-state index in [9.17, 15) is 9.18 Å². The molecule has 0 radical (unpaired) electrons. The molecule has 1 aliphatic rings. The van der Waals surface area contributed by atoms with Crippen LogP contribution in [0.15, 0.2) is 22.7 Å². The Labute approximate surface area is 126 Å². The first-order valence-electron chi connectivity index (χ1n) is 6.44. The Kier molecular flexibility index (Phi) is 4.22. The number of likely N-dealkylation sites (tertiary alicyclic amines) is 1. The zero-order valence-electron chi connectivity index (χ0n) is 11.7. The SMILES string of the molecule is CC(C)(C)OC(=O)N1CC(Nc2ccc(Br)cc2F)C1. The second-order valence-corrected chi connectivity index (χ2v) is 6.77. The first-order chi connectivity index (χ1) is 9.24. The quantitative estimate of drug-likeness (QED) is 0.890. The van der Waals surface area contributed by atoms with Crippen LogP contribution in [0.4, 0.5) is 14.9 Å². The van der Waals surface area contributed by atoms with Gasteiger partial charge in [0.25, 0.3) is 0 Å². The highest BCUT2D eigenvalue weighted by molar-refractivity contribution is 9.10. The molecule has 4 nitrogen and oxygen atoms in total. The van der Waals surface area contributed by atoms with E-state index < -0.39 is 5.60 Å². The summed E-state index contributed by atoms with van der Waals surface area (Å²) in [5.41, 5.74) is -0.0463. The van der Waals surface area contributed by atoms with E-state index >= 15 is 0 Å². The Hall–Kier alpha value is -1.30. The van der Waals surface area contributed by atoms with Gasteiger partial charge in [-0.15, -0.1) is 0 Å². The van der Waals surface area contributed by atoms with Gasteiger partial charge in [0, 0.05) is 17.6 Å². The number of benzene rings is 1. The van der Waals surface area contributed by atoms with Crippen LogP contribution in [0.5, 0.6) is 0 Å². The molecule has 0 bridgehead atoms. The summed E-state index contributed by atoms with van der Waals surface area (Å²) in [6.45, 7) is 6.53. The molecule has 1 aromatic carbocycles. The molecule has 1 aliphatic heterocycles. The minimum Gasteiger partial charge on any atom is -0.444 e. The fraction of sp³-hybridized carbons (Fsp3) is 0.500. The van der Waals surface area contributed by atoms with Gasteiger partial charge in [0.1, 0.15) is 11.4 Å². The van der Waals surface area contributed by atoms with Gasteiger partial charge in [0.2, 0.25) is 0 Å². The summed E-state index contributed by atoms with van der Waals surface area (Å²) in [7, 11) is 0. The van der Waals surface area contributed by atoms with Crippen molar-refractivity contribution >= 4 is 27.7 Å². The Morgan fingerprint density at radius 3 is 2.65 bits per heavy atom. The summed E-state index contributed by atoms with van der Waals surface area (Å²) in [4.78, 5) is 13.3. The molecule has 0 unspecified atom stereocenters. The van der Waals surface area contributed by atoms with E-state index in [2.05, 4.69) is 21.2 Å². The number of hydrogen-bond donors (Lipinski definition) is 1. The van der Waals surface area contributed by atoms with Gasteiger partial charge in [-0.3, -0.25) is 0 Å². The van der Waals surface area contributed by atoms with Crippen LogP contribution in [0, 0.1) is 5.82 Å². The molecule has 110 valence electrons. The standard InChI is InChI=1S/C14H18BrFN2O2/c1-14(2,3)20-13(19)18-7-10(8-18)17-12-5-4-9(15)6-11(12)16/h4-6,10,17H,7-8H2,1-3H3. The fourth-order valence-electron chi connectivity index (χ4n) is 1.87. The number of amides is 1. The maximum absolute atomic E-state index is 13.7. The van der Waals surface area contributed by atoms with Crippen molar-refractivity contribution in [1.82, 2.24) is 4.90 Å². The third-order valence-corrected chi connectivity index (χ3v) is 3.32. The number of carbonyl (C=O) groups excluding carboxylic acids is 1. The lowest BCUT2D eigenvalue weighted by Crippen LogP contribution is -2.58. The minimum absolute atomic E-state index is 0.0539. The predicted octanol–water partition coefficient (Wildman–Crippen LogP) is 3.62. The largest absolute Gasteiger partial charge is 0.444 e. The van der Waals surface area contributed by atoms with Crippen LogP contribution in [0.1, 0.15) is 20.8 Å². The number of halogens is 2. The van der Waals surface area contributed by atoms with E-state index in [0.29, 0.717) is 23.2 Å². The van der Waals surface area contributed by atoms with Crippen molar-refractivity contribution in [3.8, 4) is 0 Å². The number of rotatable bonds is 2. The Bertz CT molecular complexity index is 510. The van der Waals surface area contributed by atoms with Crippen molar-refractivity contribution < 1.29 is 13.9 Å². The Morgan fingerprint density at radius 1 is 1.45 bits per heavy atom. The molecule has 1 fully saturated rings. The third kappa shape index (κ3) is 3.85. The Morgan fingerprint density at radius 2 is 2.10 bits per heavy atom. The van der Waals surface area contributed by atoms with Gasteiger partial charge in [-0.05, 0) is 39.0 Å². The molecule has 0 spiro atoms. The lowest BCUT2D eigenvalue weighted by Gasteiger charge is -2.40. The van der Waals surface area contributed by atoms with Crippen molar-refractivity contribution in [2.24, 2.45) is 0 Å². The first kappa shape index (κ1) is 15.1. The number of hydrogen-bond acceptors (Lipinski definition) is 3. The van der Waals surface area contributed by atoms with Crippen LogP contribution in [0.25, 0.3) is 0 Å². The van der Waals surface area contributed by atoms with Crippen LogP contribution in [0.3, 0.4) is 0 Å². The molecule has 1 saturated heterocycles. The molecule has 1 aromatic rings. The number of ether oxygens (including phenoxy) is 1. The van der Waals surface area contributed by atoms with E-state index in [1.807, 2.05) is 20.8 Å². The van der Waals surface area contributed by atoms with Crippen LogP contribution >= 0.6 is 15.9 Å². The van der Waals surface area contributed by atoms with Gasteiger partial charge in [-0.25, -0.2) is 9.18 Å². The van der Waals surface area contributed by atoms with Crippen molar-refractivity contribution in [3.05, 3.63) is 28.5 Å². The number of anilines is 1. The zero-order chi connectivity index (χ0) is 14.9. The highest BCUT2D eigenvalue weighted by atomic mass is 79.9. The van der Waals surface area contributed by atoms with Crippen molar-refractivity contribution in [2.75, 3.05) is 18.4 Å². The highest BCUT2D eigenvalue weighted by Gasteiger charge is 2.33. The molecule has 1 N–H and O–H groups in total. The molecule has 1 amide bonds. The first-order valence-corrected chi connectivity index (χ1v) is 7.23. The van der Waals surface area contributed by atoms with E-state index in [0.717, 1.165) is 0 Å². The molecule has 1 heterocycles. The topological polar surface area (TPSA) is 41.6 Å². The smallest absolute Gasteiger partial charge is 0.410 e. The maximum Gasteiger partial charge on any atom is 0.410 e. The van der Waals surface area contributed by atoms with Crippen molar-refractivity contribution in [3.63, 3.8) is 0 Å². The van der Waals surface area contributed by atoms with Gasteiger partial charge < -0.3 is 15.0 Å². The molecule has 2 rings (SSSR count). The third-order valence-electron chi connectivity index (χ3n) is 2.82. The lowest BCUT2D eigenvalue weighted by atomic mass is 10.1. The summed E-state index contributed by atoms with van der Waals surface area (Å²) < 4.78 is 19.6. The summed E-state index contributed by atoms with van der Waals surface area (Å²) in [5, 5.41) is 3.08. The normalized spacial score (nSPS) is 15.8. The fourth-order valence-corrected chi connectivity index (χ4v) is 2.21. The van der Waals surface area contributed by atoms with E-state index in [1.165, 1.54) is 6.07 Å². The number of nitrogens with one attached hydrogen (secondary N) is 1. The lowest BCUT2D eigenvalue weighted by molar-refractivity contribution is 0.0105. The zero-order valence-corrected chi connectivity index (χ0v) is 13.3. The van der Waals surface area contributed by atoms with Gasteiger partial charge in [-0.1, -0.05) is 15.9 Å². The van der Waals surface area contributed by atoms with Gasteiger partial charge in [0.05, 0.1) is 11.7 Å². The van der Waals surface area contributed by atoms with Crippen LogP contribution in [-0.2, 0) is 4.74 Å². The van der Waals surface area contributed by atoms with Crippen LogP contribution < -0.4 is 5.32 Å².